The third-order valence-electron chi connectivity index (χ3n) is 8.91. The van der Waals surface area contributed by atoms with E-state index >= 15 is 0 Å². The van der Waals surface area contributed by atoms with Gasteiger partial charge < -0.3 is 15.0 Å². The second-order valence-corrected chi connectivity index (χ2v) is 14.4. The fraction of sp³-hybridized carbons (Fsp3) is 0.333. The number of sulfonamides is 1. The van der Waals surface area contributed by atoms with Crippen molar-refractivity contribution in [1.82, 2.24) is 10.2 Å². The summed E-state index contributed by atoms with van der Waals surface area (Å²) < 4.78 is 35.4. The number of carbonyl (C=O) groups is 2. The van der Waals surface area contributed by atoms with Crippen molar-refractivity contribution in [3.8, 4) is 5.75 Å². The summed E-state index contributed by atoms with van der Waals surface area (Å²) in [5, 5.41) is 3.25. The van der Waals surface area contributed by atoms with Gasteiger partial charge in [-0.25, -0.2) is 8.42 Å². The van der Waals surface area contributed by atoms with E-state index in [0.29, 0.717) is 5.75 Å². The number of benzene rings is 4. The standard InChI is InChI=1S/C39H45N3O5S/c1-29-19-22-32(23-20-29)27-41(36(26-31-13-7-4-8-14-31)39(44)40-33-15-9-5-10-16-33)38(43)28-42(35-25-30(2)21-24-37(35)47-3)48(45,46)34-17-11-6-12-18-34/h4,6-8,11-14,17-25,33,36H,5,9-10,15-16,26-28H2,1-3H3,(H,40,44). The number of nitrogens with one attached hydrogen (secondary N) is 1. The molecule has 0 spiro atoms. The van der Waals surface area contributed by atoms with Gasteiger partial charge in [0.1, 0.15) is 18.3 Å². The van der Waals surface area contributed by atoms with Crippen LogP contribution in [0.2, 0.25) is 0 Å². The molecule has 1 saturated carbocycles. The van der Waals surface area contributed by atoms with Crippen LogP contribution in [-0.4, -0.2) is 50.9 Å². The van der Waals surface area contributed by atoms with Crippen LogP contribution < -0.4 is 14.4 Å². The number of aryl methyl sites for hydroxylation is 2. The lowest BCUT2D eigenvalue weighted by molar-refractivity contribution is -0.140. The van der Waals surface area contributed by atoms with E-state index in [1.165, 1.54) is 19.2 Å². The molecule has 1 fully saturated rings. The SMILES string of the molecule is COc1ccc(C)cc1N(CC(=O)N(Cc1ccc(C)cc1)C(Cc1ccccc1)C(=O)NC1CCCCC1)S(=O)(=O)c1ccccc1. The zero-order valence-electron chi connectivity index (χ0n) is 28.0. The lowest BCUT2D eigenvalue weighted by atomic mass is 9.94. The van der Waals surface area contributed by atoms with Gasteiger partial charge in [0.2, 0.25) is 11.8 Å². The Bertz CT molecular complexity index is 1770. The van der Waals surface area contributed by atoms with Crippen molar-refractivity contribution in [3.05, 3.63) is 125 Å². The molecular weight excluding hydrogens is 623 g/mol. The van der Waals surface area contributed by atoms with E-state index in [9.17, 15) is 18.0 Å². The van der Waals surface area contributed by atoms with Crippen molar-refractivity contribution in [2.45, 2.75) is 75.9 Å². The Morgan fingerprint density at radius 1 is 0.812 bits per heavy atom. The number of hydrogen-bond acceptors (Lipinski definition) is 5. The van der Waals surface area contributed by atoms with Crippen LogP contribution in [-0.2, 0) is 32.6 Å². The fourth-order valence-electron chi connectivity index (χ4n) is 6.22. The van der Waals surface area contributed by atoms with Gasteiger partial charge in [-0.3, -0.25) is 13.9 Å². The number of rotatable bonds is 13. The lowest BCUT2D eigenvalue weighted by Gasteiger charge is -2.35. The van der Waals surface area contributed by atoms with Gasteiger partial charge in [-0.05, 0) is 67.6 Å². The number of carbonyl (C=O) groups excluding carboxylic acids is 2. The summed E-state index contributed by atoms with van der Waals surface area (Å²) in [7, 11) is -2.76. The van der Waals surface area contributed by atoms with Crippen LogP contribution >= 0.6 is 0 Å². The third-order valence-corrected chi connectivity index (χ3v) is 10.7. The molecule has 0 bridgehead atoms. The molecule has 8 nitrogen and oxygen atoms in total. The van der Waals surface area contributed by atoms with Crippen molar-refractivity contribution < 1.29 is 22.7 Å². The van der Waals surface area contributed by atoms with E-state index in [2.05, 4.69) is 5.32 Å². The van der Waals surface area contributed by atoms with E-state index < -0.39 is 28.5 Å². The molecule has 1 aliphatic carbocycles. The highest BCUT2D eigenvalue weighted by Gasteiger charge is 2.36. The molecule has 0 radical (unpaired) electrons. The van der Waals surface area contributed by atoms with Gasteiger partial charge in [0.05, 0.1) is 17.7 Å². The van der Waals surface area contributed by atoms with Crippen molar-refractivity contribution in [1.29, 1.82) is 0 Å². The first-order chi connectivity index (χ1) is 23.2. The molecular formula is C39H45N3O5S. The maximum absolute atomic E-state index is 14.8. The molecule has 9 heteroatoms. The topological polar surface area (TPSA) is 96.0 Å². The normalized spacial score (nSPS) is 14.1. The van der Waals surface area contributed by atoms with Crippen molar-refractivity contribution in [2.24, 2.45) is 0 Å². The Labute approximate surface area is 284 Å². The van der Waals surface area contributed by atoms with E-state index in [-0.39, 0.29) is 35.5 Å². The molecule has 1 aliphatic rings. The molecule has 0 aromatic heterocycles. The molecule has 0 heterocycles. The number of anilines is 1. The highest BCUT2D eigenvalue weighted by Crippen LogP contribution is 2.34. The first-order valence-electron chi connectivity index (χ1n) is 16.6. The van der Waals surface area contributed by atoms with Crippen molar-refractivity contribution in [3.63, 3.8) is 0 Å². The second kappa shape index (κ2) is 16.0. The van der Waals surface area contributed by atoms with Crippen molar-refractivity contribution >= 4 is 27.5 Å². The molecule has 252 valence electrons. The van der Waals surface area contributed by atoms with Gasteiger partial charge in [0.15, 0.2) is 0 Å². The molecule has 1 atom stereocenters. The quantitative estimate of drug-likeness (QED) is 0.174. The van der Waals surface area contributed by atoms with Gasteiger partial charge in [-0.2, -0.15) is 0 Å². The summed E-state index contributed by atoms with van der Waals surface area (Å²) in [4.78, 5) is 30.6. The Balaban J connectivity index is 1.59. The number of amides is 2. The monoisotopic (exact) mass is 667 g/mol. The van der Waals surface area contributed by atoms with Crippen LogP contribution in [0.25, 0.3) is 0 Å². The Morgan fingerprint density at radius 2 is 1.44 bits per heavy atom. The minimum atomic E-state index is -4.23. The minimum absolute atomic E-state index is 0.0346. The molecule has 2 amide bonds. The summed E-state index contributed by atoms with van der Waals surface area (Å²) in [5.74, 6) is -0.427. The van der Waals surface area contributed by atoms with E-state index in [0.717, 1.165) is 58.7 Å². The largest absolute Gasteiger partial charge is 0.495 e. The van der Waals surface area contributed by atoms with Crippen molar-refractivity contribution in [2.75, 3.05) is 18.0 Å². The maximum atomic E-state index is 14.8. The average Bonchev–Trinajstić information content (AvgIpc) is 3.10. The molecule has 0 aliphatic heterocycles. The van der Waals surface area contributed by atoms with Gasteiger partial charge in [0.25, 0.3) is 10.0 Å². The summed E-state index contributed by atoms with van der Waals surface area (Å²) >= 11 is 0. The fourth-order valence-corrected chi connectivity index (χ4v) is 7.65. The molecule has 1 unspecified atom stereocenters. The van der Waals surface area contributed by atoms with Crippen LogP contribution in [0.15, 0.2) is 108 Å². The number of methoxy groups -OCH3 is 1. The van der Waals surface area contributed by atoms with Gasteiger partial charge >= 0.3 is 0 Å². The Morgan fingerprint density at radius 3 is 2.08 bits per heavy atom. The van der Waals surface area contributed by atoms with Crippen LogP contribution in [0.1, 0.15) is 54.4 Å². The Hall–Kier alpha value is -4.63. The van der Waals surface area contributed by atoms with Crippen LogP contribution in [0.5, 0.6) is 5.75 Å². The van der Waals surface area contributed by atoms with E-state index in [4.69, 9.17) is 4.74 Å². The zero-order chi connectivity index (χ0) is 34.1. The molecule has 4 aromatic carbocycles. The highest BCUT2D eigenvalue weighted by molar-refractivity contribution is 7.92. The van der Waals surface area contributed by atoms with Crippen LogP contribution in [0.4, 0.5) is 5.69 Å². The first-order valence-corrected chi connectivity index (χ1v) is 18.0. The summed E-state index contributed by atoms with van der Waals surface area (Å²) in [5.41, 5.74) is 3.85. The maximum Gasteiger partial charge on any atom is 0.264 e. The third kappa shape index (κ3) is 8.63. The summed E-state index contributed by atoms with van der Waals surface area (Å²) in [6, 6.07) is 29.9. The molecule has 5 rings (SSSR count). The predicted octanol–water partition coefficient (Wildman–Crippen LogP) is 6.60. The summed E-state index contributed by atoms with van der Waals surface area (Å²) in [6.45, 7) is 3.43. The predicted molar refractivity (Wildman–Crippen MR) is 189 cm³/mol. The average molecular weight is 668 g/mol. The first kappa shape index (κ1) is 34.7. The molecule has 0 saturated heterocycles. The number of nitrogens with zero attached hydrogens (tertiary/aromatic N) is 2. The second-order valence-electron chi connectivity index (χ2n) is 12.6. The Kier molecular flexibility index (Phi) is 11.5. The van der Waals surface area contributed by atoms with E-state index in [1.807, 2.05) is 74.5 Å². The molecule has 1 N–H and O–H groups in total. The molecule has 4 aromatic rings. The van der Waals surface area contributed by atoms with Gasteiger partial charge in [-0.15, -0.1) is 0 Å². The lowest BCUT2D eigenvalue weighted by Crippen LogP contribution is -2.55. The highest BCUT2D eigenvalue weighted by atomic mass is 32.2. The molecule has 48 heavy (non-hydrogen) atoms. The number of hydrogen-bond donors (Lipinski definition) is 1. The van der Waals surface area contributed by atoms with Gasteiger partial charge in [0, 0.05) is 19.0 Å². The minimum Gasteiger partial charge on any atom is -0.495 e. The van der Waals surface area contributed by atoms with Gasteiger partial charge in [-0.1, -0.05) is 104 Å². The van der Waals surface area contributed by atoms with E-state index in [1.54, 1.807) is 35.2 Å². The van der Waals surface area contributed by atoms with Crippen LogP contribution in [0, 0.1) is 13.8 Å². The summed E-state index contributed by atoms with van der Waals surface area (Å²) in [6.07, 6.45) is 5.30. The number of ether oxygens (including phenoxy) is 1. The van der Waals surface area contributed by atoms with Crippen LogP contribution in [0.3, 0.4) is 0 Å². The zero-order valence-corrected chi connectivity index (χ0v) is 28.8. The smallest absolute Gasteiger partial charge is 0.264 e.